The quantitative estimate of drug-likeness (QED) is 0.799. The van der Waals surface area contributed by atoms with Crippen LogP contribution in [0, 0.1) is 11.8 Å². The number of hydrogen-bond donors (Lipinski definition) is 0. The van der Waals surface area contributed by atoms with Crippen molar-refractivity contribution in [2.24, 2.45) is 11.8 Å². The third kappa shape index (κ3) is 3.65. The number of nitrogens with zero attached hydrogens (tertiary/aromatic N) is 3. The van der Waals surface area contributed by atoms with E-state index < -0.39 is 18.0 Å². The van der Waals surface area contributed by atoms with Gasteiger partial charge < -0.3 is 9.64 Å². The lowest BCUT2D eigenvalue weighted by Gasteiger charge is -2.41. The molecule has 1 fully saturated rings. The summed E-state index contributed by atoms with van der Waals surface area (Å²) in [7, 11) is 0. The molecule has 8 heteroatoms. The van der Waals surface area contributed by atoms with Gasteiger partial charge in [0.15, 0.2) is 0 Å². The number of halogens is 3. The predicted molar refractivity (Wildman–Crippen MR) is 91.2 cm³/mol. The summed E-state index contributed by atoms with van der Waals surface area (Å²) in [5.41, 5.74) is 1.04. The molecule has 0 saturated heterocycles. The summed E-state index contributed by atoms with van der Waals surface area (Å²) in [6.45, 7) is 1.25. The number of fused-ring (bicyclic) bond motifs is 1. The zero-order valence-corrected chi connectivity index (χ0v) is 14.7. The summed E-state index contributed by atoms with van der Waals surface area (Å²) in [6, 6.07) is 10.9. The largest absolute Gasteiger partial charge is 0.487 e. The molecule has 144 valence electrons. The third-order valence-electron chi connectivity index (χ3n) is 5.34. The van der Waals surface area contributed by atoms with Gasteiger partial charge in [-0.25, -0.2) is 0 Å². The summed E-state index contributed by atoms with van der Waals surface area (Å²) < 4.78 is 46.1. The lowest BCUT2D eigenvalue weighted by molar-refractivity contribution is -0.214. The highest BCUT2D eigenvalue weighted by Gasteiger charge is 2.50. The van der Waals surface area contributed by atoms with Gasteiger partial charge >= 0.3 is 6.18 Å². The fraction of sp³-hybridized carbons (Fsp3) is 0.474. The van der Waals surface area contributed by atoms with Crippen molar-refractivity contribution in [2.75, 3.05) is 13.1 Å². The SMILES string of the molecule is O=C1c2cc(COc3ccccc3)nn2CCN1C[C@H]1CCC1C(F)(F)F. The number of ether oxygens (including phenoxy) is 1. The van der Waals surface area contributed by atoms with Gasteiger partial charge in [-0.2, -0.15) is 18.3 Å². The molecule has 1 amide bonds. The zero-order chi connectivity index (χ0) is 19.0. The van der Waals surface area contributed by atoms with Crippen molar-refractivity contribution in [1.82, 2.24) is 14.7 Å². The minimum atomic E-state index is -4.18. The van der Waals surface area contributed by atoms with E-state index in [1.807, 2.05) is 30.3 Å². The van der Waals surface area contributed by atoms with Crippen LogP contribution >= 0.6 is 0 Å². The smallest absolute Gasteiger partial charge is 0.392 e. The van der Waals surface area contributed by atoms with E-state index in [0.717, 1.165) is 0 Å². The Labute approximate surface area is 154 Å². The number of hydrogen-bond acceptors (Lipinski definition) is 3. The van der Waals surface area contributed by atoms with E-state index in [9.17, 15) is 18.0 Å². The number of benzene rings is 1. The maximum atomic E-state index is 12.9. The van der Waals surface area contributed by atoms with Crippen molar-refractivity contribution in [2.45, 2.75) is 32.2 Å². The molecule has 1 aliphatic carbocycles. The number of aromatic nitrogens is 2. The van der Waals surface area contributed by atoms with Crippen molar-refractivity contribution in [1.29, 1.82) is 0 Å². The predicted octanol–water partition coefficient (Wildman–Crippen LogP) is 3.51. The monoisotopic (exact) mass is 379 g/mol. The number of rotatable bonds is 5. The molecule has 27 heavy (non-hydrogen) atoms. The molecule has 0 radical (unpaired) electrons. The molecule has 1 saturated carbocycles. The van der Waals surface area contributed by atoms with Crippen LogP contribution in [0.5, 0.6) is 5.75 Å². The Balaban J connectivity index is 1.40. The topological polar surface area (TPSA) is 47.4 Å². The molecule has 0 bridgehead atoms. The first-order chi connectivity index (χ1) is 12.9. The number of para-hydroxylation sites is 1. The Morgan fingerprint density at radius 1 is 1.15 bits per heavy atom. The molecule has 2 atom stereocenters. The molecule has 1 aromatic carbocycles. The fourth-order valence-corrected chi connectivity index (χ4v) is 3.71. The minimum Gasteiger partial charge on any atom is -0.487 e. The molecular formula is C19H20F3N3O2. The van der Waals surface area contributed by atoms with Gasteiger partial charge in [0, 0.05) is 13.1 Å². The minimum absolute atomic E-state index is 0.157. The van der Waals surface area contributed by atoms with Crippen molar-refractivity contribution < 1.29 is 22.7 Å². The average molecular weight is 379 g/mol. The molecule has 2 aromatic rings. The molecule has 1 unspecified atom stereocenters. The summed E-state index contributed by atoms with van der Waals surface area (Å²) in [5, 5.41) is 4.38. The highest BCUT2D eigenvalue weighted by atomic mass is 19.4. The first-order valence-electron chi connectivity index (χ1n) is 9.02. The second-order valence-corrected chi connectivity index (χ2v) is 7.08. The summed E-state index contributed by atoms with van der Waals surface area (Å²) in [4.78, 5) is 14.2. The third-order valence-corrected chi connectivity index (χ3v) is 5.34. The zero-order valence-electron chi connectivity index (χ0n) is 14.7. The van der Waals surface area contributed by atoms with Crippen molar-refractivity contribution >= 4 is 5.91 Å². The van der Waals surface area contributed by atoms with E-state index in [4.69, 9.17) is 4.74 Å². The lowest BCUT2D eigenvalue weighted by Crippen LogP contribution is -2.49. The summed E-state index contributed by atoms with van der Waals surface area (Å²) in [5.74, 6) is -1.33. The first-order valence-corrected chi connectivity index (χ1v) is 9.02. The van der Waals surface area contributed by atoms with Gasteiger partial charge in [-0.15, -0.1) is 0 Å². The van der Waals surface area contributed by atoms with Gasteiger partial charge in [0.2, 0.25) is 0 Å². The molecule has 4 rings (SSSR count). The molecule has 0 spiro atoms. The Hall–Kier alpha value is -2.51. The Morgan fingerprint density at radius 3 is 2.59 bits per heavy atom. The second kappa shape index (κ2) is 6.90. The van der Waals surface area contributed by atoms with Gasteiger partial charge in [0.05, 0.1) is 12.5 Å². The summed E-state index contributed by atoms with van der Waals surface area (Å²) in [6.07, 6.45) is -3.50. The molecule has 1 aromatic heterocycles. The van der Waals surface area contributed by atoms with E-state index >= 15 is 0 Å². The van der Waals surface area contributed by atoms with Crippen LogP contribution in [-0.2, 0) is 13.2 Å². The van der Waals surface area contributed by atoms with Crippen molar-refractivity contribution in [3.63, 3.8) is 0 Å². The number of carbonyl (C=O) groups excluding carboxylic acids is 1. The van der Waals surface area contributed by atoms with Crippen LogP contribution in [0.4, 0.5) is 13.2 Å². The van der Waals surface area contributed by atoms with Crippen LogP contribution in [0.25, 0.3) is 0 Å². The van der Waals surface area contributed by atoms with E-state index in [-0.39, 0.29) is 25.5 Å². The van der Waals surface area contributed by atoms with Gasteiger partial charge in [-0.1, -0.05) is 18.2 Å². The Morgan fingerprint density at radius 2 is 1.93 bits per heavy atom. The lowest BCUT2D eigenvalue weighted by atomic mass is 9.73. The van der Waals surface area contributed by atoms with E-state index in [1.54, 1.807) is 10.7 Å². The second-order valence-electron chi connectivity index (χ2n) is 7.08. The van der Waals surface area contributed by atoms with E-state index in [0.29, 0.717) is 36.6 Å². The van der Waals surface area contributed by atoms with Crippen LogP contribution in [0.2, 0.25) is 0 Å². The van der Waals surface area contributed by atoms with Crippen LogP contribution in [0.15, 0.2) is 36.4 Å². The molecule has 0 N–H and O–H groups in total. The fourth-order valence-electron chi connectivity index (χ4n) is 3.71. The highest BCUT2D eigenvalue weighted by Crippen LogP contribution is 2.46. The molecule has 2 heterocycles. The van der Waals surface area contributed by atoms with Gasteiger partial charge in [0.1, 0.15) is 23.7 Å². The molecule has 2 aliphatic rings. The maximum absolute atomic E-state index is 12.9. The van der Waals surface area contributed by atoms with Crippen molar-refractivity contribution in [3.05, 3.63) is 47.8 Å². The number of amides is 1. The van der Waals surface area contributed by atoms with Gasteiger partial charge in [-0.05, 0) is 37.0 Å². The molecule has 5 nitrogen and oxygen atoms in total. The number of alkyl halides is 3. The standard InChI is InChI=1S/C19H20F3N3O2/c20-19(21,22)16-7-6-13(16)11-24-8-9-25-17(18(24)26)10-14(23-25)12-27-15-4-2-1-3-5-15/h1-5,10,13,16H,6-9,11-12H2/t13-,16?/m1/s1. The maximum Gasteiger partial charge on any atom is 0.392 e. The average Bonchev–Trinajstić information content (AvgIpc) is 3.02. The normalized spacial score (nSPS) is 22.3. The van der Waals surface area contributed by atoms with Gasteiger partial charge in [-0.3, -0.25) is 9.48 Å². The molecular weight excluding hydrogens is 359 g/mol. The Bertz CT molecular complexity index is 819. The first kappa shape index (κ1) is 17.9. The number of carbonyl (C=O) groups is 1. The van der Waals surface area contributed by atoms with Gasteiger partial charge in [0.25, 0.3) is 5.91 Å². The Kier molecular flexibility index (Phi) is 4.57. The van der Waals surface area contributed by atoms with E-state index in [2.05, 4.69) is 5.10 Å². The van der Waals surface area contributed by atoms with E-state index in [1.165, 1.54) is 4.90 Å². The summed E-state index contributed by atoms with van der Waals surface area (Å²) >= 11 is 0. The van der Waals surface area contributed by atoms with Crippen LogP contribution in [0.3, 0.4) is 0 Å². The van der Waals surface area contributed by atoms with Crippen LogP contribution < -0.4 is 4.74 Å². The van der Waals surface area contributed by atoms with Crippen LogP contribution in [0.1, 0.15) is 29.0 Å². The van der Waals surface area contributed by atoms with Crippen LogP contribution in [-0.4, -0.2) is 39.9 Å². The highest BCUT2D eigenvalue weighted by molar-refractivity contribution is 5.93. The van der Waals surface area contributed by atoms with Crippen molar-refractivity contribution in [3.8, 4) is 5.75 Å². The molecule has 1 aliphatic heterocycles.